The Morgan fingerprint density at radius 2 is 0.670 bits per heavy atom. The number of cyclic esters (lactones) is 4. The molecule has 520 valence electrons. The van der Waals surface area contributed by atoms with E-state index in [2.05, 4.69) is 10.2 Å². The summed E-state index contributed by atoms with van der Waals surface area (Å²) in [6.07, 6.45) is -17.5. The minimum absolute atomic E-state index is 0.0662. The molecule has 28 heteroatoms. The summed E-state index contributed by atoms with van der Waals surface area (Å²) in [5, 5.41) is 27.4. The Hall–Kier alpha value is -7.88. The van der Waals surface area contributed by atoms with Crippen LogP contribution in [0.4, 0.5) is 26.3 Å². The van der Waals surface area contributed by atoms with E-state index < -0.39 is 133 Å². The van der Waals surface area contributed by atoms with Crippen LogP contribution < -0.4 is 0 Å². The second-order valence-corrected chi connectivity index (χ2v) is 25.9. The van der Waals surface area contributed by atoms with Gasteiger partial charge in [-0.05, 0) is 99.3 Å². The molecule has 2 aromatic heterocycles. The van der Waals surface area contributed by atoms with Crippen LogP contribution in [0.15, 0.2) is 48.5 Å². The largest absolute Gasteiger partial charge is 0.451 e. The molecule has 1 aliphatic heterocycles. The number of likely N-dealkylation sites (N-methyl/N-ethyl adjacent to an activating group) is 4. The van der Waals surface area contributed by atoms with E-state index in [1.807, 2.05) is 0 Å². The number of amides is 4. The monoisotopic (exact) mass is 1330 g/mol. The molecule has 4 aromatic rings. The van der Waals surface area contributed by atoms with Crippen molar-refractivity contribution in [1.29, 1.82) is 0 Å². The van der Waals surface area contributed by atoms with Crippen LogP contribution in [-0.2, 0) is 109 Å². The van der Waals surface area contributed by atoms with E-state index in [4.69, 9.17) is 18.9 Å². The van der Waals surface area contributed by atoms with Gasteiger partial charge in [0.1, 0.15) is 35.6 Å². The van der Waals surface area contributed by atoms with Crippen molar-refractivity contribution in [2.45, 2.75) is 209 Å². The summed E-state index contributed by atoms with van der Waals surface area (Å²) in [7, 11) is 5.06. The maximum atomic E-state index is 15.1. The number of nitrogens with zero attached hydrogens (tertiary/aromatic N) is 8. The number of aliphatic hydroxyl groups excluding tert-OH is 2. The number of rotatable bonds is 18. The first-order valence-corrected chi connectivity index (χ1v) is 31.2. The van der Waals surface area contributed by atoms with Crippen LogP contribution in [0.3, 0.4) is 0 Å². The molecule has 1 aliphatic rings. The van der Waals surface area contributed by atoms with Crippen LogP contribution >= 0.6 is 0 Å². The van der Waals surface area contributed by atoms with E-state index in [1.54, 1.807) is 55.4 Å². The normalized spacial score (nSPS) is 22.0. The standard InChI is InChI=1S/C66H90F6N8O14/c1-35(2)25-49-61(87)91-41(11)57(83)75(13)52(28-38(7)8)64(90)94-54(30-44-19-23-46(24-20-44)32-80-56(66(70,71)72)40(10)48(34-82)74-80)60(86)78(16)50(26-36(3)4)62(88)92-42(12)58(84)76(14)51(27-37(5)6)63(89)93-53(59(85)77(49)15)29-43-17-21-45(22-18-43)31-79-55(65(67,68)69)39(9)47(33-81)73-79/h17-24,35-38,41-42,49-54,81-82H,25-34H2,1-16H3/t41-,42-,49+,50+,51+,52+,53-,54-/m1/s1. The third-order valence-electron chi connectivity index (χ3n) is 16.4. The molecule has 94 heavy (non-hydrogen) atoms. The number of esters is 4. The van der Waals surface area contributed by atoms with Crippen LogP contribution in [0.25, 0.3) is 0 Å². The summed E-state index contributed by atoms with van der Waals surface area (Å²) in [4.78, 5) is 122. The van der Waals surface area contributed by atoms with Crippen LogP contribution in [0, 0.1) is 37.5 Å². The fourth-order valence-corrected chi connectivity index (χ4v) is 11.3. The van der Waals surface area contributed by atoms with E-state index in [-0.39, 0.29) is 97.8 Å². The van der Waals surface area contributed by atoms with Crippen molar-refractivity contribution in [3.63, 3.8) is 0 Å². The Balaban J connectivity index is 1.60. The third kappa shape index (κ3) is 19.6. The van der Waals surface area contributed by atoms with Gasteiger partial charge in [-0.3, -0.25) is 28.5 Å². The van der Waals surface area contributed by atoms with E-state index in [1.165, 1.54) is 104 Å². The lowest BCUT2D eigenvalue weighted by Crippen LogP contribution is -2.55. The van der Waals surface area contributed by atoms with Crippen molar-refractivity contribution in [2.75, 3.05) is 28.2 Å². The van der Waals surface area contributed by atoms with E-state index >= 15 is 9.59 Å². The van der Waals surface area contributed by atoms with Gasteiger partial charge in [-0.1, -0.05) is 104 Å². The van der Waals surface area contributed by atoms with Gasteiger partial charge in [0, 0.05) is 52.2 Å². The lowest BCUT2D eigenvalue weighted by Gasteiger charge is -2.35. The number of alkyl halides is 6. The van der Waals surface area contributed by atoms with Crippen molar-refractivity contribution in [1.82, 2.24) is 39.2 Å². The summed E-state index contributed by atoms with van der Waals surface area (Å²) in [6.45, 7) is 16.7. The van der Waals surface area contributed by atoms with Crippen LogP contribution in [-0.4, -0.2) is 174 Å². The molecule has 22 nitrogen and oxygen atoms in total. The molecule has 1 saturated heterocycles. The molecular formula is C66H90F6N8O14. The van der Waals surface area contributed by atoms with Crippen LogP contribution in [0.5, 0.6) is 0 Å². The van der Waals surface area contributed by atoms with Gasteiger partial charge >= 0.3 is 36.2 Å². The number of carbonyl (C=O) groups excluding carboxylic acids is 8. The van der Waals surface area contributed by atoms with Crippen molar-refractivity contribution >= 4 is 47.5 Å². The maximum Gasteiger partial charge on any atom is 0.433 e. The average Bonchev–Trinajstić information content (AvgIpc) is 1.61. The molecule has 1 fully saturated rings. The molecule has 0 aliphatic carbocycles. The van der Waals surface area contributed by atoms with Gasteiger partial charge in [-0.15, -0.1) is 0 Å². The fourth-order valence-electron chi connectivity index (χ4n) is 11.3. The zero-order chi connectivity index (χ0) is 70.8. The van der Waals surface area contributed by atoms with Gasteiger partial charge in [0.05, 0.1) is 37.7 Å². The summed E-state index contributed by atoms with van der Waals surface area (Å²) in [5.41, 5.74) is -1.61. The minimum Gasteiger partial charge on any atom is -0.451 e. The third-order valence-corrected chi connectivity index (χ3v) is 16.4. The average molecular weight is 1330 g/mol. The first-order chi connectivity index (χ1) is 43.7. The van der Waals surface area contributed by atoms with Crippen molar-refractivity contribution in [3.05, 3.63) is 105 Å². The number of hydrogen-bond donors (Lipinski definition) is 2. The Bertz CT molecular complexity index is 3080. The van der Waals surface area contributed by atoms with E-state index in [0.717, 1.165) is 29.0 Å². The molecule has 0 radical (unpaired) electrons. The number of ether oxygens (including phenoxy) is 4. The predicted octanol–water partition coefficient (Wildman–Crippen LogP) is 7.79. The number of halogens is 6. The van der Waals surface area contributed by atoms with Gasteiger partial charge in [0.25, 0.3) is 23.6 Å². The highest BCUT2D eigenvalue weighted by Crippen LogP contribution is 2.36. The Morgan fingerprint density at radius 3 is 0.915 bits per heavy atom. The first-order valence-electron chi connectivity index (χ1n) is 31.2. The first kappa shape index (κ1) is 76.8. The molecule has 2 aromatic carbocycles. The smallest absolute Gasteiger partial charge is 0.433 e. The quantitative estimate of drug-likeness (QED) is 0.0547. The molecule has 8 atom stereocenters. The van der Waals surface area contributed by atoms with Crippen molar-refractivity contribution < 1.29 is 93.9 Å². The zero-order valence-electron chi connectivity index (χ0n) is 56.3. The predicted molar refractivity (Wildman–Crippen MR) is 329 cm³/mol. The SMILES string of the molecule is Cc1c(CO)nn(Cc2ccc(C[C@H]3OC(=O)[C@H](CC(C)C)N(C)C(=O)[C@@H](C)OC(=O)[C@H](CC(C)C)N(C)C(=O)[C@@H](Cc4ccc(Cn5nc(CO)c(C)c5C(F)(F)F)cc4)OC(=O)[C@H](CC(C)C)N(C)C(=O)[C@@H](C)OC(=O)[C@H](CC(C)C)N(C)C3=O)cc2)c1C(F)(F)F. The van der Waals surface area contributed by atoms with Crippen LogP contribution in [0.2, 0.25) is 0 Å². The second-order valence-electron chi connectivity index (χ2n) is 25.9. The molecule has 0 saturated carbocycles. The summed E-state index contributed by atoms with van der Waals surface area (Å²) >= 11 is 0. The fraction of sp³-hybridized carbons (Fsp3) is 0.606. The molecule has 4 amide bonds. The maximum absolute atomic E-state index is 15.1. The topological polar surface area (TPSA) is 263 Å². The number of hydrogen-bond acceptors (Lipinski definition) is 16. The highest BCUT2D eigenvalue weighted by molar-refractivity contribution is 5.94. The highest BCUT2D eigenvalue weighted by atomic mass is 19.4. The van der Waals surface area contributed by atoms with E-state index in [9.17, 15) is 65.3 Å². The molecule has 2 N–H and O–H groups in total. The zero-order valence-corrected chi connectivity index (χ0v) is 56.3. The molecule has 5 rings (SSSR count). The lowest BCUT2D eigenvalue weighted by atomic mass is 9.99. The molecule has 0 bridgehead atoms. The highest BCUT2D eigenvalue weighted by Gasteiger charge is 2.45. The number of aromatic nitrogens is 4. The van der Waals surface area contributed by atoms with Gasteiger partial charge in [-0.2, -0.15) is 36.5 Å². The van der Waals surface area contributed by atoms with Gasteiger partial charge in [0.2, 0.25) is 0 Å². The molecular weight excluding hydrogens is 1240 g/mol. The summed E-state index contributed by atoms with van der Waals surface area (Å²) < 4.78 is 111. The van der Waals surface area contributed by atoms with Crippen LogP contribution in [0.1, 0.15) is 151 Å². The Kier molecular flexibility index (Phi) is 26.6. The summed E-state index contributed by atoms with van der Waals surface area (Å²) in [5.74, 6) is -9.31. The lowest BCUT2D eigenvalue weighted by molar-refractivity contribution is -0.176. The van der Waals surface area contributed by atoms with Gasteiger partial charge in [-0.25, -0.2) is 19.2 Å². The Morgan fingerprint density at radius 1 is 0.426 bits per heavy atom. The second kappa shape index (κ2) is 32.5. The number of carbonyl (C=O) groups is 8. The van der Waals surface area contributed by atoms with Crippen molar-refractivity contribution in [2.24, 2.45) is 23.7 Å². The van der Waals surface area contributed by atoms with E-state index in [0.29, 0.717) is 22.3 Å². The van der Waals surface area contributed by atoms with Gasteiger partial charge < -0.3 is 48.8 Å². The molecule has 3 heterocycles. The summed E-state index contributed by atoms with van der Waals surface area (Å²) in [6, 6.07) is 6.01. The number of aliphatic hydroxyl groups is 2. The van der Waals surface area contributed by atoms with Crippen molar-refractivity contribution in [3.8, 4) is 0 Å². The number of benzene rings is 2. The Labute approximate surface area is 544 Å². The van der Waals surface area contributed by atoms with Gasteiger partial charge in [0.15, 0.2) is 24.4 Å². The minimum atomic E-state index is -4.81. The molecule has 0 spiro atoms. The molecule has 0 unspecified atom stereocenters.